The number of hydrogen-bond acceptors (Lipinski definition) is 5. The van der Waals surface area contributed by atoms with E-state index in [1.165, 1.54) is 16.6 Å². The summed E-state index contributed by atoms with van der Waals surface area (Å²) in [6.07, 6.45) is 4.17. The van der Waals surface area contributed by atoms with Crippen LogP contribution in [-0.4, -0.2) is 27.8 Å². The lowest BCUT2D eigenvalue weighted by Crippen LogP contribution is -2.29. The molecular weight excluding hydrogens is 426 g/mol. The summed E-state index contributed by atoms with van der Waals surface area (Å²) in [6, 6.07) is 5.57. The summed E-state index contributed by atoms with van der Waals surface area (Å²) in [6.45, 7) is 3.74. The van der Waals surface area contributed by atoms with Crippen molar-refractivity contribution in [2.45, 2.75) is 49.9 Å². The fourth-order valence-corrected chi connectivity index (χ4v) is 6.09. The lowest BCUT2D eigenvalue weighted by Gasteiger charge is -2.16. The van der Waals surface area contributed by atoms with Crippen LogP contribution in [-0.2, 0) is 17.6 Å². The van der Waals surface area contributed by atoms with Gasteiger partial charge in [-0.1, -0.05) is 29.4 Å². The van der Waals surface area contributed by atoms with Gasteiger partial charge in [0.2, 0.25) is 5.91 Å². The molecule has 1 aliphatic carbocycles. The average Bonchev–Trinajstić information content (AvgIpc) is 3.08. The van der Waals surface area contributed by atoms with E-state index in [0.29, 0.717) is 15.9 Å². The van der Waals surface area contributed by atoms with Crippen LogP contribution < -0.4 is 10.9 Å². The molecule has 0 spiro atoms. The number of amides is 1. The van der Waals surface area contributed by atoms with Gasteiger partial charge in [0.25, 0.3) is 5.56 Å². The third-order valence-electron chi connectivity index (χ3n) is 5.27. The summed E-state index contributed by atoms with van der Waals surface area (Å²) in [4.78, 5) is 32.7. The highest BCUT2D eigenvalue weighted by Crippen LogP contribution is 2.36. The van der Waals surface area contributed by atoms with Crippen molar-refractivity contribution in [3.05, 3.63) is 49.6 Å². The molecule has 1 unspecified atom stereocenters. The van der Waals surface area contributed by atoms with Gasteiger partial charge >= 0.3 is 0 Å². The minimum atomic E-state index is -0.383. The third-order valence-corrected chi connectivity index (χ3v) is 7.91. The molecule has 4 rings (SSSR count). The number of nitrogens with one attached hydrogen (secondary N) is 1. The van der Waals surface area contributed by atoms with E-state index in [-0.39, 0.29) is 16.7 Å². The lowest BCUT2D eigenvalue weighted by atomic mass is 9.97. The van der Waals surface area contributed by atoms with Crippen molar-refractivity contribution in [3.8, 4) is 5.69 Å². The lowest BCUT2D eigenvalue weighted by molar-refractivity contribution is -0.119. The van der Waals surface area contributed by atoms with Gasteiger partial charge < -0.3 is 5.32 Å². The van der Waals surface area contributed by atoms with Gasteiger partial charge in [0, 0.05) is 16.9 Å². The van der Waals surface area contributed by atoms with Crippen LogP contribution in [0.4, 0.5) is 0 Å². The molecule has 2 heterocycles. The molecule has 0 saturated carbocycles. The number of rotatable bonds is 4. The minimum absolute atomic E-state index is 0.0825. The number of aryl methyl sites for hydroxylation is 3. The first kappa shape index (κ1) is 20.4. The maximum atomic E-state index is 13.7. The van der Waals surface area contributed by atoms with Gasteiger partial charge in [-0.2, -0.15) is 0 Å². The summed E-state index contributed by atoms with van der Waals surface area (Å²) in [5.74, 6) is -0.108. The van der Waals surface area contributed by atoms with Gasteiger partial charge in [0.15, 0.2) is 5.16 Å². The molecule has 0 bridgehead atoms. The molecule has 0 saturated heterocycles. The highest BCUT2D eigenvalue weighted by molar-refractivity contribution is 8.00. The number of hydrogen-bond donors (Lipinski definition) is 1. The van der Waals surface area contributed by atoms with E-state index in [1.54, 1.807) is 29.0 Å². The number of carbonyl (C=O) groups is 1. The van der Waals surface area contributed by atoms with E-state index in [2.05, 4.69) is 5.32 Å². The van der Waals surface area contributed by atoms with Crippen LogP contribution in [0.2, 0.25) is 5.02 Å². The fourth-order valence-electron chi connectivity index (χ4n) is 3.63. The first-order valence-corrected chi connectivity index (χ1v) is 11.7. The zero-order valence-corrected chi connectivity index (χ0v) is 18.9. The normalized spacial score (nSPS) is 14.6. The Kier molecular flexibility index (Phi) is 5.73. The van der Waals surface area contributed by atoms with Gasteiger partial charge in [-0.15, -0.1) is 11.3 Å². The van der Waals surface area contributed by atoms with Crippen LogP contribution in [0, 0.1) is 6.92 Å². The molecule has 1 amide bonds. The molecule has 0 aliphatic heterocycles. The highest BCUT2D eigenvalue weighted by atomic mass is 35.5. The molecule has 1 aliphatic rings. The maximum Gasteiger partial charge on any atom is 0.267 e. The van der Waals surface area contributed by atoms with Crippen LogP contribution in [0.15, 0.2) is 28.2 Å². The first-order valence-electron chi connectivity index (χ1n) is 9.62. The van der Waals surface area contributed by atoms with Crippen LogP contribution >= 0.6 is 34.7 Å². The molecule has 2 aromatic heterocycles. The molecule has 1 aromatic carbocycles. The SMILES string of the molecule is CNC(=O)C(C)Sc1nc2sc3c(c2c(=O)n1-c1ccc(C)c(Cl)c1)CCCC3. The van der Waals surface area contributed by atoms with Crippen molar-refractivity contribution in [2.75, 3.05) is 7.05 Å². The number of thiophene rings is 1. The number of fused-ring (bicyclic) bond motifs is 3. The quantitative estimate of drug-likeness (QED) is 0.472. The second-order valence-corrected chi connectivity index (χ2v) is 10.0. The number of halogens is 1. The molecule has 152 valence electrons. The van der Waals surface area contributed by atoms with Gasteiger partial charge in [0.1, 0.15) is 4.83 Å². The number of nitrogens with zero attached hydrogens (tertiary/aromatic N) is 2. The Bertz CT molecular complexity index is 1170. The summed E-state index contributed by atoms with van der Waals surface area (Å²) < 4.78 is 1.61. The predicted octanol–water partition coefficient (Wildman–Crippen LogP) is 4.51. The van der Waals surface area contributed by atoms with Crippen molar-refractivity contribution >= 4 is 50.8 Å². The Morgan fingerprint density at radius 1 is 1.34 bits per heavy atom. The van der Waals surface area contributed by atoms with Crippen molar-refractivity contribution in [3.63, 3.8) is 0 Å². The highest BCUT2D eigenvalue weighted by Gasteiger charge is 2.25. The second kappa shape index (κ2) is 8.13. The van der Waals surface area contributed by atoms with E-state index in [0.717, 1.165) is 47.0 Å². The maximum absolute atomic E-state index is 13.7. The van der Waals surface area contributed by atoms with Crippen LogP contribution in [0.5, 0.6) is 0 Å². The van der Waals surface area contributed by atoms with E-state index < -0.39 is 0 Å². The smallest absolute Gasteiger partial charge is 0.267 e. The molecule has 5 nitrogen and oxygen atoms in total. The van der Waals surface area contributed by atoms with Gasteiger partial charge in [0.05, 0.1) is 16.3 Å². The van der Waals surface area contributed by atoms with E-state index in [1.807, 2.05) is 26.0 Å². The van der Waals surface area contributed by atoms with Gasteiger partial charge in [-0.05, 0) is 62.8 Å². The Labute approximate surface area is 182 Å². The Hall–Kier alpha value is -1.83. The third kappa shape index (κ3) is 3.71. The number of thioether (sulfide) groups is 1. The molecule has 1 atom stereocenters. The standard InChI is InChI=1S/C21H22ClN3O2S2/c1-11-8-9-13(10-15(11)22)25-20(27)17-14-6-4-5-7-16(14)29-19(17)24-21(25)28-12(2)18(26)23-3/h8-10,12H,4-7H2,1-3H3,(H,23,26). The van der Waals surface area contributed by atoms with Crippen molar-refractivity contribution < 1.29 is 4.79 Å². The summed E-state index contributed by atoms with van der Waals surface area (Å²) in [5.41, 5.74) is 2.68. The number of carbonyl (C=O) groups excluding carboxylic acids is 1. The van der Waals surface area contributed by atoms with E-state index >= 15 is 0 Å². The topological polar surface area (TPSA) is 64.0 Å². The van der Waals surface area contributed by atoms with Crippen LogP contribution in [0.3, 0.4) is 0 Å². The molecule has 29 heavy (non-hydrogen) atoms. The second-order valence-electron chi connectivity index (χ2n) is 7.23. The molecule has 1 N–H and O–H groups in total. The fraction of sp³-hybridized carbons (Fsp3) is 0.381. The Morgan fingerprint density at radius 3 is 2.83 bits per heavy atom. The van der Waals surface area contributed by atoms with Gasteiger partial charge in [-0.25, -0.2) is 4.98 Å². The number of benzene rings is 1. The Morgan fingerprint density at radius 2 is 2.10 bits per heavy atom. The van der Waals surface area contributed by atoms with Crippen molar-refractivity contribution in [1.29, 1.82) is 0 Å². The average molecular weight is 448 g/mol. The first-order chi connectivity index (χ1) is 13.9. The molecule has 8 heteroatoms. The van der Waals surface area contributed by atoms with Crippen LogP contribution in [0.1, 0.15) is 35.8 Å². The summed E-state index contributed by atoms with van der Waals surface area (Å²) >= 11 is 9.26. The van der Waals surface area contributed by atoms with Crippen molar-refractivity contribution in [2.24, 2.45) is 0 Å². The van der Waals surface area contributed by atoms with Crippen molar-refractivity contribution in [1.82, 2.24) is 14.9 Å². The zero-order chi connectivity index (χ0) is 20.7. The predicted molar refractivity (Wildman–Crippen MR) is 121 cm³/mol. The summed E-state index contributed by atoms with van der Waals surface area (Å²) in [5, 5.41) is 4.10. The largest absolute Gasteiger partial charge is 0.358 e. The minimum Gasteiger partial charge on any atom is -0.358 e. The zero-order valence-electron chi connectivity index (χ0n) is 16.5. The molecular formula is C21H22ClN3O2S2. The molecule has 0 fully saturated rings. The van der Waals surface area contributed by atoms with Crippen LogP contribution in [0.25, 0.3) is 15.9 Å². The Balaban J connectivity index is 1.97. The van der Waals surface area contributed by atoms with E-state index in [9.17, 15) is 9.59 Å². The molecule has 0 radical (unpaired) electrons. The van der Waals surface area contributed by atoms with Gasteiger partial charge in [-0.3, -0.25) is 14.2 Å². The molecule has 3 aromatic rings. The number of aromatic nitrogens is 2. The van der Waals surface area contributed by atoms with E-state index in [4.69, 9.17) is 16.6 Å². The monoisotopic (exact) mass is 447 g/mol. The summed E-state index contributed by atoms with van der Waals surface area (Å²) in [7, 11) is 1.61.